The first-order valence-electron chi connectivity index (χ1n) is 14.1. The molecule has 38 heavy (non-hydrogen) atoms. The smallest absolute Gasteiger partial charge is 0.305 e. The third-order valence-electron chi connectivity index (χ3n) is 5.80. The molecule has 0 aliphatic carbocycles. The predicted molar refractivity (Wildman–Crippen MR) is 158 cm³/mol. The second-order valence-corrected chi connectivity index (χ2v) is 17.7. The zero-order valence-electron chi connectivity index (χ0n) is 26.5. The molecule has 7 nitrogen and oxygen atoms in total. The molecule has 0 bridgehead atoms. The van der Waals surface area contributed by atoms with Gasteiger partial charge in [-0.1, -0.05) is 48.0 Å². The number of hydrogen-bond acceptors (Lipinski definition) is 7. The topological polar surface area (TPSA) is 84.0 Å². The number of rotatable bonds is 15. The lowest BCUT2D eigenvalue weighted by Crippen LogP contribution is -2.26. The first kappa shape index (κ1) is 35.5. The van der Waals surface area contributed by atoms with Crippen molar-refractivity contribution in [2.24, 2.45) is 0 Å². The Labute approximate surface area is 233 Å². The van der Waals surface area contributed by atoms with Crippen LogP contribution in [-0.4, -0.2) is 34.8 Å². The molecule has 0 aliphatic rings. The van der Waals surface area contributed by atoms with Gasteiger partial charge in [0, 0.05) is 22.2 Å². The monoisotopic (exact) mass is 575 g/mol. The highest BCUT2D eigenvalue weighted by atomic mass is 31.2. The quantitative estimate of drug-likeness (QED) is 0.193. The highest BCUT2D eigenvalue weighted by molar-refractivity contribution is 7.72. The Morgan fingerprint density at radius 3 is 1.39 bits per heavy atom. The molecule has 0 radical (unpaired) electrons. The zero-order chi connectivity index (χ0) is 29.7. The summed E-state index contributed by atoms with van der Waals surface area (Å²) in [6.07, 6.45) is 0.434. The van der Waals surface area contributed by atoms with Gasteiger partial charge < -0.3 is 18.1 Å². The van der Waals surface area contributed by atoms with E-state index in [1.165, 1.54) is 0 Å². The molecule has 0 fully saturated rings. The highest BCUT2D eigenvalue weighted by Crippen LogP contribution is 2.72. The lowest BCUT2D eigenvalue weighted by atomic mass is 9.82. The summed E-state index contributed by atoms with van der Waals surface area (Å²) in [7, 11) is -8.00. The highest BCUT2D eigenvalue weighted by Gasteiger charge is 2.53. The van der Waals surface area contributed by atoms with Crippen molar-refractivity contribution < 1.29 is 27.2 Å². The standard InChI is InChI=1S/C29H55NO6P2/c1-15-16-29(13,14)26-18-24(17-25(30-26)28(10,11)12)19-27(37(31,33-20(2)3)34-21(4)5)38(32,35-22(6)7)36-23(8)9/h17-18,20-23,27H,15-16,19H2,1-14H3. The van der Waals surface area contributed by atoms with E-state index in [2.05, 4.69) is 41.5 Å². The molecule has 0 amide bonds. The summed E-state index contributed by atoms with van der Waals surface area (Å²) in [6, 6.07) is 4.06. The van der Waals surface area contributed by atoms with Crippen LogP contribution < -0.4 is 0 Å². The Morgan fingerprint density at radius 2 is 1.08 bits per heavy atom. The van der Waals surface area contributed by atoms with Crippen LogP contribution >= 0.6 is 15.2 Å². The van der Waals surface area contributed by atoms with Crippen LogP contribution in [0, 0.1) is 0 Å². The lowest BCUT2D eigenvalue weighted by molar-refractivity contribution is 0.122. The van der Waals surface area contributed by atoms with Crippen LogP contribution in [0.4, 0.5) is 0 Å². The maximum Gasteiger partial charge on any atom is 0.346 e. The van der Waals surface area contributed by atoms with Gasteiger partial charge in [-0.3, -0.25) is 14.1 Å². The van der Waals surface area contributed by atoms with Gasteiger partial charge in [-0.2, -0.15) is 0 Å². The number of pyridine rings is 1. The van der Waals surface area contributed by atoms with E-state index in [-0.39, 0.29) is 17.3 Å². The molecule has 1 aromatic rings. The molecule has 0 spiro atoms. The minimum Gasteiger partial charge on any atom is -0.305 e. The van der Waals surface area contributed by atoms with Gasteiger partial charge in [0.1, 0.15) is 0 Å². The maximum atomic E-state index is 14.6. The maximum absolute atomic E-state index is 14.6. The van der Waals surface area contributed by atoms with Crippen molar-refractivity contribution in [1.29, 1.82) is 0 Å². The van der Waals surface area contributed by atoms with Crippen molar-refractivity contribution in [2.75, 3.05) is 0 Å². The van der Waals surface area contributed by atoms with Crippen LogP contribution in [0.15, 0.2) is 12.1 Å². The second kappa shape index (κ2) is 13.9. The van der Waals surface area contributed by atoms with E-state index >= 15 is 0 Å². The molecule has 9 heteroatoms. The predicted octanol–water partition coefficient (Wildman–Crippen LogP) is 9.41. The molecule has 0 N–H and O–H groups in total. The summed E-state index contributed by atoms with van der Waals surface area (Å²) in [6.45, 7) is 27.2. The summed E-state index contributed by atoms with van der Waals surface area (Å²) in [4.78, 5) is 5.06. The Hall–Kier alpha value is -0.550. The van der Waals surface area contributed by atoms with Crippen LogP contribution in [0.25, 0.3) is 0 Å². The van der Waals surface area contributed by atoms with E-state index in [1.54, 1.807) is 55.4 Å². The van der Waals surface area contributed by atoms with Crippen LogP contribution in [0.2, 0.25) is 0 Å². The van der Waals surface area contributed by atoms with E-state index in [0.717, 1.165) is 29.8 Å². The molecule has 1 rings (SSSR count). The largest absolute Gasteiger partial charge is 0.346 e. The molecular weight excluding hydrogens is 520 g/mol. The molecule has 0 saturated heterocycles. The summed E-state index contributed by atoms with van der Waals surface area (Å²) in [5.74, 6) is 0. The number of aromatic nitrogens is 1. The zero-order valence-corrected chi connectivity index (χ0v) is 28.2. The molecule has 0 atom stereocenters. The molecule has 0 saturated carbocycles. The molecule has 0 aromatic carbocycles. The second-order valence-electron chi connectivity index (χ2n) is 13.0. The molecule has 1 aromatic heterocycles. The molecular formula is C29H55NO6P2. The Balaban J connectivity index is 3.96. The van der Waals surface area contributed by atoms with Crippen LogP contribution in [0.5, 0.6) is 0 Å². The first-order valence-corrected chi connectivity index (χ1v) is 17.3. The van der Waals surface area contributed by atoms with Crippen molar-refractivity contribution in [3.63, 3.8) is 0 Å². The third kappa shape index (κ3) is 10.5. The Morgan fingerprint density at radius 1 is 0.711 bits per heavy atom. The van der Waals surface area contributed by atoms with Gasteiger partial charge in [-0.15, -0.1) is 0 Å². The minimum atomic E-state index is -4.00. The summed E-state index contributed by atoms with van der Waals surface area (Å²) in [5.41, 5.74) is 2.34. The SMILES string of the molecule is CCCC(C)(C)c1cc(CC(P(=O)(OC(C)C)OC(C)C)P(=O)(OC(C)C)OC(C)C)cc(C(C)(C)C)n1. The lowest BCUT2D eigenvalue weighted by Gasteiger charge is -2.36. The Bertz CT molecular complexity index is 916. The molecule has 0 unspecified atom stereocenters. The fourth-order valence-electron chi connectivity index (χ4n) is 4.30. The van der Waals surface area contributed by atoms with E-state index in [4.69, 9.17) is 23.1 Å². The fourth-order valence-corrected chi connectivity index (χ4v) is 10.2. The number of hydrogen-bond donors (Lipinski definition) is 0. The fraction of sp³-hybridized carbons (Fsp3) is 0.828. The van der Waals surface area contributed by atoms with Crippen molar-refractivity contribution in [3.05, 3.63) is 29.1 Å². The van der Waals surface area contributed by atoms with Crippen molar-refractivity contribution >= 4 is 15.2 Å². The van der Waals surface area contributed by atoms with Gasteiger partial charge in [-0.05, 0) is 85.9 Å². The molecule has 0 aliphatic heterocycles. The van der Waals surface area contributed by atoms with Crippen molar-refractivity contribution in [2.45, 2.75) is 157 Å². The van der Waals surface area contributed by atoms with Gasteiger partial charge in [0.05, 0.1) is 24.4 Å². The van der Waals surface area contributed by atoms with Crippen LogP contribution in [0.1, 0.15) is 127 Å². The third-order valence-corrected chi connectivity index (χ3v) is 12.2. The first-order chi connectivity index (χ1) is 17.1. The average molecular weight is 576 g/mol. The summed E-state index contributed by atoms with van der Waals surface area (Å²) >= 11 is 0. The summed E-state index contributed by atoms with van der Waals surface area (Å²) in [5, 5.41) is -1.15. The van der Waals surface area contributed by atoms with E-state index in [1.807, 2.05) is 12.1 Å². The van der Waals surface area contributed by atoms with Gasteiger partial charge >= 0.3 is 15.2 Å². The van der Waals surface area contributed by atoms with Crippen LogP contribution in [0.3, 0.4) is 0 Å². The molecule has 222 valence electrons. The van der Waals surface area contributed by atoms with Crippen molar-refractivity contribution in [3.8, 4) is 0 Å². The van der Waals surface area contributed by atoms with Gasteiger partial charge in [0.2, 0.25) is 0 Å². The summed E-state index contributed by atoms with van der Waals surface area (Å²) < 4.78 is 53.3. The van der Waals surface area contributed by atoms with Gasteiger partial charge in [0.25, 0.3) is 0 Å². The van der Waals surface area contributed by atoms with E-state index in [0.29, 0.717) is 0 Å². The normalized spacial score (nSPS) is 14.1. The minimum absolute atomic E-state index is 0.133. The van der Waals surface area contributed by atoms with Gasteiger partial charge in [-0.25, -0.2) is 0 Å². The van der Waals surface area contributed by atoms with Crippen molar-refractivity contribution in [1.82, 2.24) is 4.98 Å². The van der Waals surface area contributed by atoms with E-state index in [9.17, 15) is 9.13 Å². The average Bonchev–Trinajstić information content (AvgIpc) is 2.68. The Kier molecular flexibility index (Phi) is 13.0. The van der Waals surface area contributed by atoms with E-state index < -0.39 is 45.0 Å². The molecule has 1 heterocycles. The van der Waals surface area contributed by atoms with Crippen LogP contribution in [-0.2, 0) is 44.5 Å². The van der Waals surface area contributed by atoms with Gasteiger partial charge in [0.15, 0.2) is 5.40 Å². The number of nitrogens with zero attached hydrogens (tertiary/aromatic N) is 1.